The van der Waals surface area contributed by atoms with Crippen LogP contribution < -0.4 is 0 Å². The number of amidine groups is 1. The maximum atomic E-state index is 12.4. The van der Waals surface area contributed by atoms with Gasteiger partial charge in [-0.05, 0) is 30.7 Å². The van der Waals surface area contributed by atoms with Crippen LogP contribution in [0.4, 0.5) is 0 Å². The standard InChI is InChI=1S/C18H18N2O2S/c1-14(15-6-3-2-4-7-15)19-18-20(11-13-23-18)17(21)10-9-16-8-5-12-22-16/h2-10,12,14H,11,13H2,1H3/b10-9+,19-18?/t14-/m1/s1. The van der Waals surface area contributed by atoms with Crippen LogP contribution in [0.3, 0.4) is 0 Å². The summed E-state index contributed by atoms with van der Waals surface area (Å²) in [6.45, 7) is 2.73. The maximum Gasteiger partial charge on any atom is 0.252 e. The van der Waals surface area contributed by atoms with E-state index in [-0.39, 0.29) is 11.9 Å². The number of aliphatic imine (C=N–C) groups is 1. The molecule has 2 aromatic rings. The molecule has 0 radical (unpaired) electrons. The van der Waals surface area contributed by atoms with Gasteiger partial charge in [0.25, 0.3) is 5.91 Å². The Morgan fingerprint density at radius 2 is 2.13 bits per heavy atom. The Bertz CT molecular complexity index is 708. The molecule has 118 valence electrons. The van der Waals surface area contributed by atoms with Crippen LogP contribution in [0.2, 0.25) is 0 Å². The lowest BCUT2D eigenvalue weighted by Crippen LogP contribution is -2.30. The Morgan fingerprint density at radius 1 is 1.30 bits per heavy atom. The Labute approximate surface area is 139 Å². The molecule has 0 unspecified atom stereocenters. The number of carbonyl (C=O) groups is 1. The zero-order valence-corrected chi connectivity index (χ0v) is 13.7. The molecule has 0 N–H and O–H groups in total. The molecule has 3 rings (SSSR count). The number of amides is 1. The molecule has 0 aliphatic carbocycles. The van der Waals surface area contributed by atoms with Gasteiger partial charge < -0.3 is 4.42 Å². The minimum atomic E-state index is -0.0644. The maximum absolute atomic E-state index is 12.4. The molecule has 1 aromatic carbocycles. The molecule has 5 heteroatoms. The van der Waals surface area contributed by atoms with Crippen LogP contribution in [0.15, 0.2) is 64.2 Å². The molecule has 1 atom stereocenters. The van der Waals surface area contributed by atoms with Crippen molar-refractivity contribution in [3.8, 4) is 0 Å². The Hall–Kier alpha value is -2.27. The molecule has 1 saturated heterocycles. The van der Waals surface area contributed by atoms with E-state index in [0.717, 1.165) is 16.5 Å². The largest absolute Gasteiger partial charge is 0.465 e. The number of hydrogen-bond acceptors (Lipinski definition) is 4. The summed E-state index contributed by atoms with van der Waals surface area (Å²) in [7, 11) is 0. The third-order valence-corrected chi connectivity index (χ3v) is 4.53. The fourth-order valence-corrected chi connectivity index (χ4v) is 3.34. The van der Waals surface area contributed by atoms with E-state index in [1.54, 1.807) is 35.1 Å². The van der Waals surface area contributed by atoms with Crippen molar-refractivity contribution in [1.82, 2.24) is 4.90 Å². The van der Waals surface area contributed by atoms with Crippen molar-refractivity contribution < 1.29 is 9.21 Å². The Balaban J connectivity index is 1.72. The Kier molecular flexibility index (Phi) is 4.98. The first-order valence-corrected chi connectivity index (χ1v) is 8.51. The number of benzene rings is 1. The molecule has 1 aromatic heterocycles. The smallest absolute Gasteiger partial charge is 0.252 e. The van der Waals surface area contributed by atoms with Gasteiger partial charge in [0.05, 0.1) is 12.3 Å². The Morgan fingerprint density at radius 3 is 2.87 bits per heavy atom. The van der Waals surface area contributed by atoms with Gasteiger partial charge in [-0.3, -0.25) is 14.7 Å². The fraction of sp³-hybridized carbons (Fsp3) is 0.222. The third kappa shape index (κ3) is 3.93. The lowest BCUT2D eigenvalue weighted by atomic mass is 10.1. The molecule has 1 aliphatic rings. The first-order chi connectivity index (χ1) is 11.2. The summed E-state index contributed by atoms with van der Waals surface area (Å²) in [5.74, 6) is 1.48. The van der Waals surface area contributed by atoms with Crippen LogP contribution >= 0.6 is 11.8 Å². The van der Waals surface area contributed by atoms with Gasteiger partial charge in [-0.2, -0.15) is 0 Å². The molecule has 23 heavy (non-hydrogen) atoms. The minimum absolute atomic E-state index is 0.0288. The second-order valence-electron chi connectivity index (χ2n) is 5.19. The van der Waals surface area contributed by atoms with Gasteiger partial charge in [0.1, 0.15) is 5.76 Å². The highest BCUT2D eigenvalue weighted by Crippen LogP contribution is 2.24. The van der Waals surface area contributed by atoms with Gasteiger partial charge in [-0.15, -0.1) is 0 Å². The van der Waals surface area contributed by atoms with Crippen molar-refractivity contribution in [1.29, 1.82) is 0 Å². The first-order valence-electron chi connectivity index (χ1n) is 7.52. The van der Waals surface area contributed by atoms with Crippen LogP contribution in [-0.2, 0) is 4.79 Å². The summed E-state index contributed by atoms with van der Waals surface area (Å²) < 4.78 is 5.20. The summed E-state index contributed by atoms with van der Waals surface area (Å²) in [6.07, 6.45) is 4.81. The number of furan rings is 1. The second-order valence-corrected chi connectivity index (χ2v) is 6.25. The van der Waals surface area contributed by atoms with Crippen LogP contribution in [0.5, 0.6) is 0 Å². The van der Waals surface area contributed by atoms with E-state index in [1.807, 2.05) is 31.2 Å². The molecule has 4 nitrogen and oxygen atoms in total. The average Bonchev–Trinajstić information content (AvgIpc) is 3.25. The lowest BCUT2D eigenvalue weighted by molar-refractivity contribution is -0.121. The van der Waals surface area contributed by atoms with Crippen molar-refractivity contribution in [3.63, 3.8) is 0 Å². The molecule has 0 saturated carbocycles. The average molecular weight is 326 g/mol. The van der Waals surface area contributed by atoms with E-state index < -0.39 is 0 Å². The van der Waals surface area contributed by atoms with Crippen LogP contribution in [-0.4, -0.2) is 28.3 Å². The number of carbonyl (C=O) groups excluding carboxylic acids is 1. The van der Waals surface area contributed by atoms with Gasteiger partial charge >= 0.3 is 0 Å². The number of nitrogens with zero attached hydrogens (tertiary/aromatic N) is 2. The zero-order chi connectivity index (χ0) is 16.1. The van der Waals surface area contributed by atoms with Crippen molar-refractivity contribution >= 4 is 28.9 Å². The topological polar surface area (TPSA) is 45.8 Å². The van der Waals surface area contributed by atoms with Gasteiger partial charge in [0.2, 0.25) is 0 Å². The lowest BCUT2D eigenvalue weighted by Gasteiger charge is -2.15. The van der Waals surface area contributed by atoms with Gasteiger partial charge in [-0.1, -0.05) is 42.1 Å². The zero-order valence-electron chi connectivity index (χ0n) is 12.9. The van der Waals surface area contributed by atoms with Crippen molar-refractivity contribution in [2.75, 3.05) is 12.3 Å². The molecular weight excluding hydrogens is 308 g/mol. The molecular formula is C18H18N2O2S. The quantitative estimate of drug-likeness (QED) is 0.798. The molecule has 0 spiro atoms. The molecule has 1 fully saturated rings. The van der Waals surface area contributed by atoms with E-state index >= 15 is 0 Å². The highest BCUT2D eigenvalue weighted by Gasteiger charge is 2.24. The van der Waals surface area contributed by atoms with Crippen LogP contribution in [0, 0.1) is 0 Å². The van der Waals surface area contributed by atoms with E-state index in [4.69, 9.17) is 9.41 Å². The first kappa shape index (κ1) is 15.6. The summed E-state index contributed by atoms with van der Waals surface area (Å²) in [5.41, 5.74) is 1.14. The normalized spacial score (nSPS) is 18.0. The molecule has 1 amide bonds. The predicted molar refractivity (Wildman–Crippen MR) is 94.2 cm³/mol. The highest BCUT2D eigenvalue weighted by molar-refractivity contribution is 8.14. The van der Waals surface area contributed by atoms with E-state index in [9.17, 15) is 4.79 Å². The van der Waals surface area contributed by atoms with Gasteiger partial charge in [-0.25, -0.2) is 0 Å². The molecule has 0 bridgehead atoms. The number of rotatable bonds is 4. The fourth-order valence-electron chi connectivity index (χ4n) is 2.31. The summed E-state index contributed by atoms with van der Waals surface area (Å²) in [6, 6.07) is 13.7. The van der Waals surface area contributed by atoms with Crippen molar-refractivity contribution in [2.45, 2.75) is 13.0 Å². The van der Waals surface area contributed by atoms with E-state index in [1.165, 1.54) is 6.08 Å². The highest BCUT2D eigenvalue weighted by atomic mass is 32.2. The third-order valence-electron chi connectivity index (χ3n) is 3.56. The summed E-state index contributed by atoms with van der Waals surface area (Å²) >= 11 is 1.62. The summed E-state index contributed by atoms with van der Waals surface area (Å²) in [5, 5.41) is 0.787. The number of hydrogen-bond donors (Lipinski definition) is 0. The predicted octanol–water partition coefficient (Wildman–Crippen LogP) is 3.99. The number of thioether (sulfide) groups is 1. The van der Waals surface area contributed by atoms with Crippen LogP contribution in [0.25, 0.3) is 6.08 Å². The SMILES string of the molecule is C[C@@H](N=C1SCCN1C(=O)/C=C/c1ccco1)c1ccccc1. The minimum Gasteiger partial charge on any atom is -0.465 e. The van der Waals surface area contributed by atoms with Crippen molar-refractivity contribution in [2.24, 2.45) is 4.99 Å². The monoisotopic (exact) mass is 326 g/mol. The molecule has 1 aliphatic heterocycles. The summed E-state index contributed by atoms with van der Waals surface area (Å²) in [4.78, 5) is 18.8. The van der Waals surface area contributed by atoms with Crippen molar-refractivity contribution in [3.05, 3.63) is 66.1 Å². The van der Waals surface area contributed by atoms with Gasteiger partial charge in [0.15, 0.2) is 5.17 Å². The van der Waals surface area contributed by atoms with Crippen LogP contribution in [0.1, 0.15) is 24.3 Å². The van der Waals surface area contributed by atoms with E-state index in [2.05, 4.69) is 12.1 Å². The van der Waals surface area contributed by atoms with E-state index in [0.29, 0.717) is 12.3 Å². The van der Waals surface area contributed by atoms with Gasteiger partial charge in [0, 0.05) is 18.4 Å². The second kappa shape index (κ2) is 7.33. The molecule has 2 heterocycles.